The molecule has 0 unspecified atom stereocenters. The van der Waals surface area contributed by atoms with Gasteiger partial charge in [0.05, 0.1) is 26.0 Å². The molecule has 7 nitrogen and oxygen atoms in total. The number of nitrogens with two attached hydrogens (primary N) is 1. The van der Waals surface area contributed by atoms with Crippen molar-refractivity contribution in [1.82, 2.24) is 10.2 Å². The lowest BCUT2D eigenvalue weighted by Crippen LogP contribution is -2.45. The van der Waals surface area contributed by atoms with Gasteiger partial charge in [-0.2, -0.15) is 0 Å². The van der Waals surface area contributed by atoms with Crippen LogP contribution in [-0.4, -0.2) is 56.2 Å². The van der Waals surface area contributed by atoms with Crippen LogP contribution >= 0.6 is 0 Å². The minimum atomic E-state index is -0.245. The molecule has 2 heterocycles. The van der Waals surface area contributed by atoms with Crippen molar-refractivity contribution in [2.45, 2.75) is 0 Å². The molecule has 0 spiro atoms. The van der Waals surface area contributed by atoms with E-state index in [1.807, 2.05) is 4.90 Å². The monoisotopic (exact) mass is 266 g/mol. The number of guanidine groups is 1. The van der Waals surface area contributed by atoms with Crippen LogP contribution in [-0.2, 0) is 4.74 Å². The summed E-state index contributed by atoms with van der Waals surface area (Å²) in [4.78, 5) is 17.7. The van der Waals surface area contributed by atoms with Crippen molar-refractivity contribution in [3.8, 4) is 0 Å². The summed E-state index contributed by atoms with van der Waals surface area (Å²) in [6.45, 7) is 3.72. The van der Waals surface area contributed by atoms with E-state index in [-0.39, 0.29) is 5.91 Å². The highest BCUT2D eigenvalue weighted by molar-refractivity contribution is 5.91. The normalized spacial score (nSPS) is 16.4. The van der Waals surface area contributed by atoms with Gasteiger partial charge in [-0.1, -0.05) is 0 Å². The summed E-state index contributed by atoms with van der Waals surface area (Å²) >= 11 is 0. The maximum absolute atomic E-state index is 11.5. The van der Waals surface area contributed by atoms with Crippen LogP contribution in [0.1, 0.15) is 10.6 Å². The molecule has 0 aliphatic carbocycles. The summed E-state index contributed by atoms with van der Waals surface area (Å²) in [5.74, 6) is 0.547. The molecule has 1 aromatic heterocycles. The van der Waals surface area contributed by atoms with Crippen LogP contribution < -0.4 is 11.1 Å². The maximum atomic E-state index is 11.5. The Morgan fingerprint density at radius 1 is 1.47 bits per heavy atom. The Bertz CT molecular complexity index is 424. The van der Waals surface area contributed by atoms with Gasteiger partial charge < -0.3 is 25.1 Å². The Kier molecular flexibility index (Phi) is 4.79. The van der Waals surface area contributed by atoms with Crippen molar-refractivity contribution >= 4 is 11.9 Å². The van der Waals surface area contributed by atoms with E-state index in [4.69, 9.17) is 14.9 Å². The maximum Gasteiger partial charge on any atom is 0.287 e. The number of nitrogens with zero attached hydrogens (tertiary/aromatic N) is 2. The molecule has 1 aliphatic heterocycles. The lowest BCUT2D eigenvalue weighted by atomic mass is 10.4. The molecule has 19 heavy (non-hydrogen) atoms. The summed E-state index contributed by atoms with van der Waals surface area (Å²) < 4.78 is 10.2. The zero-order chi connectivity index (χ0) is 13.5. The number of rotatable bonds is 4. The van der Waals surface area contributed by atoms with E-state index in [1.165, 1.54) is 6.26 Å². The second-order valence-electron chi connectivity index (χ2n) is 4.07. The number of hydrogen-bond acceptors (Lipinski definition) is 4. The third-order valence-corrected chi connectivity index (χ3v) is 2.75. The second kappa shape index (κ2) is 6.79. The molecule has 2 rings (SSSR count). The lowest BCUT2D eigenvalue weighted by Gasteiger charge is -2.27. The summed E-state index contributed by atoms with van der Waals surface area (Å²) in [5.41, 5.74) is 5.85. The fourth-order valence-electron chi connectivity index (χ4n) is 1.73. The predicted octanol–water partition coefficient (Wildman–Crippen LogP) is -0.344. The lowest BCUT2D eigenvalue weighted by molar-refractivity contribution is 0.0674. The van der Waals surface area contributed by atoms with E-state index < -0.39 is 0 Å². The Labute approximate surface area is 111 Å². The number of carbonyl (C=O) groups excluding carboxylic acids is 1. The van der Waals surface area contributed by atoms with Crippen LogP contribution in [0, 0.1) is 0 Å². The van der Waals surface area contributed by atoms with E-state index in [0.29, 0.717) is 38.0 Å². The van der Waals surface area contributed by atoms with Crippen LogP contribution in [0.4, 0.5) is 0 Å². The molecular formula is C12H18N4O3. The van der Waals surface area contributed by atoms with E-state index in [9.17, 15) is 4.79 Å². The molecular weight excluding hydrogens is 248 g/mol. The molecule has 1 amide bonds. The average molecular weight is 266 g/mol. The highest BCUT2D eigenvalue weighted by Gasteiger charge is 2.12. The third-order valence-electron chi connectivity index (χ3n) is 2.75. The van der Waals surface area contributed by atoms with Gasteiger partial charge in [0, 0.05) is 19.6 Å². The molecule has 1 saturated heterocycles. The standard InChI is InChI=1S/C12H18N4O3/c13-12(16-5-8-18-9-6-16)15-4-3-14-11(17)10-2-1-7-19-10/h1-2,7H,3-6,8-9H2,(H2,13,15)(H,14,17). The third kappa shape index (κ3) is 3.99. The fraction of sp³-hybridized carbons (Fsp3) is 0.500. The molecule has 1 aromatic rings. The molecule has 0 bridgehead atoms. The van der Waals surface area contributed by atoms with Crippen molar-refractivity contribution < 1.29 is 13.9 Å². The molecule has 0 aromatic carbocycles. The van der Waals surface area contributed by atoms with Gasteiger partial charge >= 0.3 is 0 Å². The van der Waals surface area contributed by atoms with Crippen molar-refractivity contribution in [3.05, 3.63) is 24.2 Å². The van der Waals surface area contributed by atoms with Crippen molar-refractivity contribution in [2.24, 2.45) is 10.7 Å². The summed E-state index contributed by atoms with van der Waals surface area (Å²) in [5, 5.41) is 2.70. The van der Waals surface area contributed by atoms with Gasteiger partial charge in [-0.3, -0.25) is 9.79 Å². The van der Waals surface area contributed by atoms with Gasteiger partial charge in [0.1, 0.15) is 0 Å². The van der Waals surface area contributed by atoms with Gasteiger partial charge in [-0.05, 0) is 12.1 Å². The number of nitrogens with one attached hydrogen (secondary N) is 1. The molecule has 0 saturated carbocycles. The zero-order valence-electron chi connectivity index (χ0n) is 10.7. The fourth-order valence-corrected chi connectivity index (χ4v) is 1.73. The first-order valence-corrected chi connectivity index (χ1v) is 6.21. The quantitative estimate of drug-likeness (QED) is 0.441. The van der Waals surface area contributed by atoms with E-state index >= 15 is 0 Å². The summed E-state index contributed by atoms with van der Waals surface area (Å²) in [6, 6.07) is 3.28. The van der Waals surface area contributed by atoms with Gasteiger partial charge in [-0.25, -0.2) is 0 Å². The van der Waals surface area contributed by atoms with Crippen LogP contribution in [0.3, 0.4) is 0 Å². The highest BCUT2D eigenvalue weighted by Crippen LogP contribution is 1.99. The van der Waals surface area contributed by atoms with E-state index in [0.717, 1.165) is 13.1 Å². The van der Waals surface area contributed by atoms with Crippen molar-refractivity contribution in [2.75, 3.05) is 39.4 Å². The summed E-state index contributed by atoms with van der Waals surface area (Å²) in [6.07, 6.45) is 1.46. The molecule has 0 radical (unpaired) electrons. The minimum Gasteiger partial charge on any atom is -0.459 e. The minimum absolute atomic E-state index is 0.245. The summed E-state index contributed by atoms with van der Waals surface area (Å²) in [7, 11) is 0. The van der Waals surface area contributed by atoms with Crippen molar-refractivity contribution in [3.63, 3.8) is 0 Å². The Morgan fingerprint density at radius 3 is 2.95 bits per heavy atom. The number of hydrogen-bond donors (Lipinski definition) is 2. The van der Waals surface area contributed by atoms with Gasteiger partial charge in [0.2, 0.25) is 0 Å². The SMILES string of the molecule is NC(=NCCNC(=O)c1ccco1)N1CCOCC1. The topological polar surface area (TPSA) is 93.1 Å². The molecule has 1 fully saturated rings. The van der Waals surface area contributed by atoms with Gasteiger partial charge in [0.25, 0.3) is 5.91 Å². The number of aliphatic imine (C=N–C) groups is 1. The average Bonchev–Trinajstić information content (AvgIpc) is 2.98. The number of morpholine rings is 1. The molecule has 1 aliphatic rings. The number of ether oxygens (including phenoxy) is 1. The first-order valence-electron chi connectivity index (χ1n) is 6.21. The van der Waals surface area contributed by atoms with E-state index in [2.05, 4.69) is 10.3 Å². The number of carbonyl (C=O) groups is 1. The van der Waals surface area contributed by atoms with Gasteiger partial charge in [-0.15, -0.1) is 0 Å². The van der Waals surface area contributed by atoms with Crippen molar-refractivity contribution in [1.29, 1.82) is 0 Å². The Morgan fingerprint density at radius 2 is 2.26 bits per heavy atom. The van der Waals surface area contributed by atoms with Gasteiger partial charge in [0.15, 0.2) is 11.7 Å². The second-order valence-corrected chi connectivity index (χ2v) is 4.07. The predicted molar refractivity (Wildman–Crippen MR) is 69.9 cm³/mol. The number of amides is 1. The van der Waals surface area contributed by atoms with Crippen LogP contribution in [0.25, 0.3) is 0 Å². The van der Waals surface area contributed by atoms with Crippen LogP contribution in [0.15, 0.2) is 27.8 Å². The number of furan rings is 1. The smallest absolute Gasteiger partial charge is 0.287 e. The van der Waals surface area contributed by atoms with Crippen LogP contribution in [0.5, 0.6) is 0 Å². The highest BCUT2D eigenvalue weighted by atomic mass is 16.5. The van der Waals surface area contributed by atoms with E-state index in [1.54, 1.807) is 12.1 Å². The van der Waals surface area contributed by atoms with Crippen LogP contribution in [0.2, 0.25) is 0 Å². The first-order chi connectivity index (χ1) is 9.27. The first kappa shape index (κ1) is 13.4. The Hall–Kier alpha value is -2.02. The largest absolute Gasteiger partial charge is 0.459 e. The molecule has 104 valence electrons. The Balaban J connectivity index is 1.69. The zero-order valence-corrected chi connectivity index (χ0v) is 10.7. The molecule has 7 heteroatoms. The molecule has 0 atom stereocenters. The molecule has 3 N–H and O–H groups in total.